The van der Waals surface area contributed by atoms with Crippen LogP contribution in [-0.2, 0) is 6.54 Å². The van der Waals surface area contributed by atoms with Crippen LogP contribution in [0.15, 0.2) is 12.1 Å². The SMILES string of the molecule is CC1CN(Cc2cc(F)c(F)c(F)c2)CC(C)N1. The fourth-order valence-corrected chi connectivity index (χ4v) is 2.53. The largest absolute Gasteiger partial charge is 0.309 e. The fourth-order valence-electron chi connectivity index (χ4n) is 2.53. The van der Waals surface area contributed by atoms with E-state index in [0.29, 0.717) is 24.2 Å². The summed E-state index contributed by atoms with van der Waals surface area (Å²) in [5.41, 5.74) is 0.465. The van der Waals surface area contributed by atoms with Gasteiger partial charge in [-0.2, -0.15) is 0 Å². The van der Waals surface area contributed by atoms with Crippen molar-refractivity contribution in [1.82, 2.24) is 10.2 Å². The molecule has 1 aliphatic heterocycles. The zero-order chi connectivity index (χ0) is 13.3. The lowest BCUT2D eigenvalue weighted by Crippen LogP contribution is -2.53. The van der Waals surface area contributed by atoms with Crippen molar-refractivity contribution >= 4 is 0 Å². The number of nitrogens with zero attached hydrogens (tertiary/aromatic N) is 1. The molecule has 1 heterocycles. The standard InChI is InChI=1S/C13H17F3N2/c1-8-5-18(6-9(2)17-8)7-10-3-11(14)13(16)12(15)4-10/h3-4,8-9,17H,5-7H2,1-2H3. The summed E-state index contributed by atoms with van der Waals surface area (Å²) in [6.07, 6.45) is 0. The Kier molecular flexibility index (Phi) is 3.92. The number of piperazine rings is 1. The first-order valence-corrected chi connectivity index (χ1v) is 6.07. The molecule has 0 bridgehead atoms. The maximum absolute atomic E-state index is 13.1. The molecule has 0 amide bonds. The van der Waals surface area contributed by atoms with E-state index in [2.05, 4.69) is 24.1 Å². The molecule has 0 aromatic heterocycles. The number of nitrogens with one attached hydrogen (secondary N) is 1. The molecule has 18 heavy (non-hydrogen) atoms. The summed E-state index contributed by atoms with van der Waals surface area (Å²) < 4.78 is 39.0. The van der Waals surface area contributed by atoms with E-state index >= 15 is 0 Å². The van der Waals surface area contributed by atoms with Crippen LogP contribution in [0.25, 0.3) is 0 Å². The molecule has 100 valence electrons. The van der Waals surface area contributed by atoms with Crippen LogP contribution in [-0.4, -0.2) is 30.1 Å². The van der Waals surface area contributed by atoms with Gasteiger partial charge in [0.25, 0.3) is 0 Å². The molecule has 1 N–H and O–H groups in total. The fraction of sp³-hybridized carbons (Fsp3) is 0.538. The van der Waals surface area contributed by atoms with E-state index in [9.17, 15) is 13.2 Å². The van der Waals surface area contributed by atoms with Crippen LogP contribution in [0.2, 0.25) is 0 Å². The van der Waals surface area contributed by atoms with E-state index in [4.69, 9.17) is 0 Å². The second-order valence-electron chi connectivity index (χ2n) is 5.04. The van der Waals surface area contributed by atoms with Gasteiger partial charge in [-0.3, -0.25) is 4.90 Å². The maximum atomic E-state index is 13.1. The summed E-state index contributed by atoms with van der Waals surface area (Å²) >= 11 is 0. The third-order valence-electron chi connectivity index (χ3n) is 3.08. The van der Waals surface area contributed by atoms with Crippen LogP contribution >= 0.6 is 0 Å². The van der Waals surface area contributed by atoms with Gasteiger partial charge in [-0.05, 0) is 31.5 Å². The van der Waals surface area contributed by atoms with E-state index < -0.39 is 17.5 Å². The Hall–Kier alpha value is -1.07. The van der Waals surface area contributed by atoms with Gasteiger partial charge >= 0.3 is 0 Å². The number of hydrogen-bond donors (Lipinski definition) is 1. The highest BCUT2D eigenvalue weighted by Gasteiger charge is 2.21. The predicted molar refractivity (Wildman–Crippen MR) is 63.7 cm³/mol. The van der Waals surface area contributed by atoms with Crippen molar-refractivity contribution in [1.29, 1.82) is 0 Å². The van der Waals surface area contributed by atoms with E-state index in [0.717, 1.165) is 25.2 Å². The molecule has 0 saturated carbocycles. The maximum Gasteiger partial charge on any atom is 0.194 e. The van der Waals surface area contributed by atoms with Gasteiger partial charge in [0.15, 0.2) is 17.5 Å². The number of halogens is 3. The molecule has 1 aliphatic rings. The minimum atomic E-state index is -1.40. The van der Waals surface area contributed by atoms with Crippen molar-refractivity contribution in [3.8, 4) is 0 Å². The van der Waals surface area contributed by atoms with Crippen molar-refractivity contribution in [3.63, 3.8) is 0 Å². The Morgan fingerprint density at radius 1 is 1.11 bits per heavy atom. The Labute approximate surface area is 105 Å². The van der Waals surface area contributed by atoms with Crippen LogP contribution in [0.4, 0.5) is 13.2 Å². The molecule has 0 aliphatic carbocycles. The zero-order valence-corrected chi connectivity index (χ0v) is 10.5. The van der Waals surface area contributed by atoms with Crippen LogP contribution in [0.1, 0.15) is 19.4 Å². The van der Waals surface area contributed by atoms with E-state index in [1.807, 2.05) is 0 Å². The van der Waals surface area contributed by atoms with Crippen molar-refractivity contribution in [2.75, 3.05) is 13.1 Å². The molecule has 2 unspecified atom stereocenters. The Balaban J connectivity index is 2.09. The molecule has 5 heteroatoms. The smallest absolute Gasteiger partial charge is 0.194 e. The van der Waals surface area contributed by atoms with Crippen LogP contribution in [0, 0.1) is 17.5 Å². The highest BCUT2D eigenvalue weighted by Crippen LogP contribution is 2.16. The average Bonchev–Trinajstić information content (AvgIpc) is 2.24. The Morgan fingerprint density at radius 2 is 1.61 bits per heavy atom. The van der Waals surface area contributed by atoms with Crippen LogP contribution in [0.3, 0.4) is 0 Å². The first kappa shape index (κ1) is 13.4. The Bertz CT molecular complexity index is 403. The summed E-state index contributed by atoms with van der Waals surface area (Å²) in [6.45, 7) is 6.18. The van der Waals surface area contributed by atoms with Gasteiger partial charge in [-0.15, -0.1) is 0 Å². The quantitative estimate of drug-likeness (QED) is 0.819. The van der Waals surface area contributed by atoms with Gasteiger partial charge in [-0.1, -0.05) is 0 Å². The van der Waals surface area contributed by atoms with Gasteiger partial charge < -0.3 is 5.32 Å². The first-order chi connectivity index (χ1) is 8.45. The molecule has 1 aromatic carbocycles. The molecule has 1 fully saturated rings. The lowest BCUT2D eigenvalue weighted by atomic mass is 10.1. The van der Waals surface area contributed by atoms with Crippen molar-refractivity contribution in [3.05, 3.63) is 35.1 Å². The average molecular weight is 258 g/mol. The first-order valence-electron chi connectivity index (χ1n) is 6.07. The second-order valence-corrected chi connectivity index (χ2v) is 5.04. The lowest BCUT2D eigenvalue weighted by Gasteiger charge is -2.36. The molecular formula is C13H17F3N2. The molecule has 0 spiro atoms. The summed E-state index contributed by atoms with van der Waals surface area (Å²) in [5.74, 6) is -3.65. The highest BCUT2D eigenvalue weighted by atomic mass is 19.2. The summed E-state index contributed by atoms with van der Waals surface area (Å²) in [5, 5.41) is 3.38. The van der Waals surface area contributed by atoms with Crippen molar-refractivity contribution in [2.45, 2.75) is 32.5 Å². The number of benzene rings is 1. The number of hydrogen-bond acceptors (Lipinski definition) is 2. The predicted octanol–water partition coefficient (Wildman–Crippen LogP) is 2.29. The van der Waals surface area contributed by atoms with Gasteiger partial charge in [0.2, 0.25) is 0 Å². The summed E-state index contributed by atoms with van der Waals surface area (Å²) in [4.78, 5) is 2.11. The van der Waals surface area contributed by atoms with Gasteiger partial charge in [0.1, 0.15) is 0 Å². The molecule has 1 saturated heterocycles. The highest BCUT2D eigenvalue weighted by molar-refractivity contribution is 5.19. The Morgan fingerprint density at radius 3 is 2.11 bits per heavy atom. The lowest BCUT2D eigenvalue weighted by molar-refractivity contribution is 0.166. The molecule has 2 atom stereocenters. The number of rotatable bonds is 2. The second kappa shape index (κ2) is 5.28. The molecule has 1 aromatic rings. The van der Waals surface area contributed by atoms with E-state index in [1.54, 1.807) is 0 Å². The summed E-state index contributed by atoms with van der Waals surface area (Å²) in [7, 11) is 0. The van der Waals surface area contributed by atoms with Crippen molar-refractivity contribution < 1.29 is 13.2 Å². The van der Waals surface area contributed by atoms with Crippen LogP contribution < -0.4 is 5.32 Å². The third-order valence-corrected chi connectivity index (χ3v) is 3.08. The van der Waals surface area contributed by atoms with Gasteiger partial charge in [-0.25, -0.2) is 13.2 Å². The zero-order valence-electron chi connectivity index (χ0n) is 10.5. The van der Waals surface area contributed by atoms with E-state index in [-0.39, 0.29) is 0 Å². The minimum absolute atomic E-state index is 0.337. The molecule has 2 nitrogen and oxygen atoms in total. The molecule has 2 rings (SSSR count). The van der Waals surface area contributed by atoms with Crippen molar-refractivity contribution in [2.24, 2.45) is 0 Å². The topological polar surface area (TPSA) is 15.3 Å². The van der Waals surface area contributed by atoms with Gasteiger partial charge in [0.05, 0.1) is 0 Å². The van der Waals surface area contributed by atoms with Gasteiger partial charge in [0, 0.05) is 31.7 Å². The third kappa shape index (κ3) is 3.03. The molecular weight excluding hydrogens is 241 g/mol. The monoisotopic (exact) mass is 258 g/mol. The minimum Gasteiger partial charge on any atom is -0.309 e. The normalized spacial score (nSPS) is 25.4. The molecule has 0 radical (unpaired) electrons. The van der Waals surface area contributed by atoms with Crippen LogP contribution in [0.5, 0.6) is 0 Å². The van der Waals surface area contributed by atoms with E-state index in [1.165, 1.54) is 0 Å². The summed E-state index contributed by atoms with van der Waals surface area (Å²) in [6, 6.07) is 2.80.